The van der Waals surface area contributed by atoms with Crippen LogP contribution in [0.5, 0.6) is 17.2 Å². The summed E-state index contributed by atoms with van der Waals surface area (Å²) >= 11 is 6.15. The summed E-state index contributed by atoms with van der Waals surface area (Å²) in [6, 6.07) is 12.6. The zero-order valence-electron chi connectivity index (χ0n) is 19.6. The number of ether oxygens (including phenoxy) is 3. The third-order valence-corrected chi connectivity index (χ3v) is 6.34. The molecule has 2 N–H and O–H groups in total. The van der Waals surface area contributed by atoms with E-state index in [1.165, 1.54) is 12.8 Å². The van der Waals surface area contributed by atoms with E-state index < -0.39 is 0 Å². The molecule has 0 amide bonds. The smallest absolute Gasteiger partial charge is 0.203 e. The van der Waals surface area contributed by atoms with Crippen molar-refractivity contribution in [2.45, 2.75) is 44.3 Å². The number of pyridine rings is 1. The van der Waals surface area contributed by atoms with Crippen LogP contribution in [-0.4, -0.2) is 38.4 Å². The zero-order valence-corrected chi connectivity index (χ0v) is 22.0. The SMILES string of the molecule is COc1cc(CN[C@H]2CCCC[C@@H]2Nc2ccnc3cc(Cl)ccc23)cc(OC)c1OC.Cl.Cl. The van der Waals surface area contributed by atoms with Gasteiger partial charge in [0.1, 0.15) is 0 Å². The highest BCUT2D eigenvalue weighted by Gasteiger charge is 2.25. The Morgan fingerprint density at radius 2 is 1.59 bits per heavy atom. The third-order valence-electron chi connectivity index (χ3n) is 6.10. The fourth-order valence-electron chi connectivity index (χ4n) is 4.48. The highest BCUT2D eigenvalue weighted by atomic mass is 35.5. The number of nitrogens with one attached hydrogen (secondary N) is 2. The first-order chi connectivity index (χ1) is 15.6. The fourth-order valence-corrected chi connectivity index (χ4v) is 4.65. The van der Waals surface area contributed by atoms with Crippen LogP contribution >= 0.6 is 36.4 Å². The monoisotopic (exact) mass is 527 g/mol. The van der Waals surface area contributed by atoms with Gasteiger partial charge in [-0.1, -0.05) is 24.4 Å². The second-order valence-electron chi connectivity index (χ2n) is 8.08. The second-order valence-corrected chi connectivity index (χ2v) is 8.51. The molecule has 34 heavy (non-hydrogen) atoms. The Kier molecular flexibility index (Phi) is 10.8. The van der Waals surface area contributed by atoms with Gasteiger partial charge in [0.2, 0.25) is 5.75 Å². The summed E-state index contributed by atoms with van der Waals surface area (Å²) < 4.78 is 16.4. The molecule has 1 heterocycles. The van der Waals surface area contributed by atoms with Crippen molar-refractivity contribution in [2.75, 3.05) is 26.6 Å². The first-order valence-electron chi connectivity index (χ1n) is 11.0. The van der Waals surface area contributed by atoms with Gasteiger partial charge in [-0.25, -0.2) is 0 Å². The maximum atomic E-state index is 6.15. The van der Waals surface area contributed by atoms with Gasteiger partial charge in [-0.2, -0.15) is 0 Å². The molecule has 9 heteroatoms. The standard InChI is InChI=1S/C25H30ClN3O3.2ClH/c1-30-23-12-16(13-24(31-2)25(23)32-3)15-28-20-6-4-5-7-21(20)29-19-10-11-27-22-14-17(26)8-9-18(19)22;;/h8-14,20-21,28H,4-7,15H2,1-3H3,(H,27,29);2*1H/t20-,21-;;/m0../s1. The summed E-state index contributed by atoms with van der Waals surface area (Å²) in [4.78, 5) is 4.46. The molecule has 6 nitrogen and oxygen atoms in total. The van der Waals surface area contributed by atoms with E-state index in [9.17, 15) is 0 Å². The summed E-state index contributed by atoms with van der Waals surface area (Å²) in [5.41, 5.74) is 3.09. The van der Waals surface area contributed by atoms with Gasteiger partial charge >= 0.3 is 0 Å². The topological polar surface area (TPSA) is 64.6 Å². The molecule has 1 saturated carbocycles. The molecule has 0 aliphatic heterocycles. The zero-order chi connectivity index (χ0) is 22.5. The number of hydrogen-bond donors (Lipinski definition) is 2. The molecule has 1 fully saturated rings. The first kappa shape index (κ1) is 28.1. The van der Waals surface area contributed by atoms with E-state index in [0.717, 1.165) is 35.0 Å². The molecule has 0 saturated heterocycles. The van der Waals surface area contributed by atoms with Crippen molar-refractivity contribution >= 4 is 53.0 Å². The average molecular weight is 529 g/mol. The Balaban J connectivity index is 0.00000204. The minimum Gasteiger partial charge on any atom is -0.493 e. The van der Waals surface area contributed by atoms with Gasteiger partial charge < -0.3 is 24.8 Å². The highest BCUT2D eigenvalue weighted by Crippen LogP contribution is 2.38. The van der Waals surface area contributed by atoms with E-state index in [4.69, 9.17) is 25.8 Å². The third kappa shape index (κ3) is 6.30. The van der Waals surface area contributed by atoms with Crippen molar-refractivity contribution in [3.63, 3.8) is 0 Å². The maximum absolute atomic E-state index is 6.15. The van der Waals surface area contributed by atoms with Crippen molar-refractivity contribution in [1.82, 2.24) is 10.3 Å². The molecule has 2 aromatic carbocycles. The van der Waals surface area contributed by atoms with E-state index in [1.807, 2.05) is 42.6 Å². The van der Waals surface area contributed by atoms with Crippen molar-refractivity contribution in [3.05, 3.63) is 53.2 Å². The van der Waals surface area contributed by atoms with E-state index in [2.05, 4.69) is 15.6 Å². The molecule has 4 rings (SSSR count). The van der Waals surface area contributed by atoms with Crippen molar-refractivity contribution in [1.29, 1.82) is 0 Å². The second kappa shape index (κ2) is 13.1. The largest absolute Gasteiger partial charge is 0.493 e. The predicted octanol–water partition coefficient (Wildman–Crippen LogP) is 6.27. The van der Waals surface area contributed by atoms with Gasteiger partial charge in [0.25, 0.3) is 0 Å². The van der Waals surface area contributed by atoms with Crippen LogP contribution in [-0.2, 0) is 6.54 Å². The molecular weight excluding hydrogens is 497 g/mol. The molecule has 2 atom stereocenters. The molecular formula is C25H32Cl3N3O3. The molecule has 1 aliphatic carbocycles. The number of aromatic nitrogens is 1. The van der Waals surface area contributed by atoms with Crippen LogP contribution < -0.4 is 24.8 Å². The van der Waals surface area contributed by atoms with Gasteiger partial charge in [0.05, 0.1) is 26.8 Å². The lowest BCUT2D eigenvalue weighted by Gasteiger charge is -2.34. The number of benzene rings is 2. The summed E-state index contributed by atoms with van der Waals surface area (Å²) in [7, 11) is 4.90. The number of rotatable bonds is 8. The highest BCUT2D eigenvalue weighted by molar-refractivity contribution is 6.31. The summed E-state index contributed by atoms with van der Waals surface area (Å²) in [5.74, 6) is 1.95. The van der Waals surface area contributed by atoms with Crippen LogP contribution in [0.25, 0.3) is 10.9 Å². The molecule has 0 radical (unpaired) electrons. The van der Waals surface area contributed by atoms with Crippen LogP contribution in [0.4, 0.5) is 5.69 Å². The average Bonchev–Trinajstić information content (AvgIpc) is 2.82. The molecule has 1 aliphatic rings. The van der Waals surface area contributed by atoms with Crippen molar-refractivity contribution in [2.24, 2.45) is 0 Å². The molecule has 186 valence electrons. The van der Waals surface area contributed by atoms with E-state index in [1.54, 1.807) is 21.3 Å². The quantitative estimate of drug-likeness (QED) is 0.359. The summed E-state index contributed by atoms with van der Waals surface area (Å²) in [5, 5.41) is 9.32. The van der Waals surface area contributed by atoms with Crippen molar-refractivity contribution in [3.8, 4) is 17.2 Å². The Morgan fingerprint density at radius 1 is 0.912 bits per heavy atom. The number of anilines is 1. The van der Waals surface area contributed by atoms with Gasteiger partial charge in [0, 0.05) is 40.9 Å². The fraction of sp³-hybridized carbons (Fsp3) is 0.400. The minimum atomic E-state index is 0. The van der Waals surface area contributed by atoms with Crippen LogP contribution in [0.15, 0.2) is 42.6 Å². The van der Waals surface area contributed by atoms with E-state index >= 15 is 0 Å². The first-order valence-corrected chi connectivity index (χ1v) is 11.3. The normalized spacial score (nSPS) is 17.3. The Hall–Kier alpha value is -2.12. The summed E-state index contributed by atoms with van der Waals surface area (Å²) in [6.45, 7) is 0.715. The Morgan fingerprint density at radius 3 is 2.24 bits per heavy atom. The van der Waals surface area contributed by atoms with Gasteiger partial charge in [-0.15, -0.1) is 24.8 Å². The Labute approximate surface area is 218 Å². The van der Waals surface area contributed by atoms with E-state index in [-0.39, 0.29) is 24.8 Å². The van der Waals surface area contributed by atoms with Crippen LogP contribution in [0, 0.1) is 0 Å². The number of hydrogen-bond acceptors (Lipinski definition) is 6. The van der Waals surface area contributed by atoms with Gasteiger partial charge in [-0.05, 0) is 54.8 Å². The van der Waals surface area contributed by atoms with Crippen LogP contribution in [0.1, 0.15) is 31.2 Å². The number of fused-ring (bicyclic) bond motifs is 1. The molecule has 3 aromatic rings. The lowest BCUT2D eigenvalue weighted by atomic mass is 9.89. The molecule has 1 aromatic heterocycles. The molecule has 0 unspecified atom stereocenters. The van der Waals surface area contributed by atoms with Gasteiger partial charge in [-0.3, -0.25) is 4.98 Å². The number of methoxy groups -OCH3 is 3. The van der Waals surface area contributed by atoms with E-state index in [0.29, 0.717) is 40.9 Å². The minimum absolute atomic E-state index is 0. The molecule has 0 bridgehead atoms. The van der Waals surface area contributed by atoms with Crippen molar-refractivity contribution < 1.29 is 14.2 Å². The number of halogens is 3. The lowest BCUT2D eigenvalue weighted by Crippen LogP contribution is -2.45. The lowest BCUT2D eigenvalue weighted by molar-refractivity contribution is 0.321. The number of nitrogens with zero attached hydrogens (tertiary/aromatic N) is 1. The predicted molar refractivity (Wildman–Crippen MR) is 144 cm³/mol. The Bertz CT molecular complexity index is 1060. The van der Waals surface area contributed by atoms with Gasteiger partial charge in [0.15, 0.2) is 11.5 Å². The van der Waals surface area contributed by atoms with Crippen LogP contribution in [0.3, 0.4) is 0 Å². The maximum Gasteiger partial charge on any atom is 0.203 e. The summed E-state index contributed by atoms with van der Waals surface area (Å²) in [6.07, 6.45) is 6.51. The van der Waals surface area contributed by atoms with Crippen LogP contribution in [0.2, 0.25) is 5.02 Å². The molecule has 0 spiro atoms.